The highest BCUT2D eigenvalue weighted by molar-refractivity contribution is 7.99. The normalized spacial score (nSPS) is 10.2. The van der Waals surface area contributed by atoms with E-state index in [4.69, 9.17) is 11.5 Å². The van der Waals surface area contributed by atoms with Gasteiger partial charge in [0.25, 0.3) is 0 Å². The largest absolute Gasteiger partial charge is 0.382 e. The van der Waals surface area contributed by atoms with E-state index in [1.165, 1.54) is 0 Å². The maximum Gasteiger partial charge on any atom is 0.222 e. The van der Waals surface area contributed by atoms with E-state index in [2.05, 4.69) is 16.9 Å². The van der Waals surface area contributed by atoms with E-state index in [1.54, 1.807) is 11.8 Å². The summed E-state index contributed by atoms with van der Waals surface area (Å²) in [5.41, 5.74) is 12.9. The molecule has 102 valence electrons. The Bertz CT molecular complexity index is 663. The minimum absolute atomic E-state index is 0.0723. The Kier molecular flexibility index (Phi) is 4.43. The smallest absolute Gasteiger partial charge is 0.222 e. The number of benzene rings is 1. The third-order valence-corrected chi connectivity index (χ3v) is 3.85. The van der Waals surface area contributed by atoms with Gasteiger partial charge in [0.15, 0.2) is 0 Å². The summed E-state index contributed by atoms with van der Waals surface area (Å²) in [5, 5.41) is 9.21. The molecule has 0 spiro atoms. The van der Waals surface area contributed by atoms with Crippen molar-refractivity contribution in [3.63, 3.8) is 0 Å². The predicted molar refractivity (Wildman–Crippen MR) is 82.0 cm³/mol. The summed E-state index contributed by atoms with van der Waals surface area (Å²) < 4.78 is 0. The maximum atomic E-state index is 9.21. The number of hydrogen-bond acceptors (Lipinski definition) is 6. The van der Waals surface area contributed by atoms with Crippen LogP contribution in [-0.2, 0) is 0 Å². The zero-order valence-electron chi connectivity index (χ0n) is 11.1. The monoisotopic (exact) mass is 285 g/mol. The lowest BCUT2D eigenvalue weighted by molar-refractivity contribution is 1.10. The van der Waals surface area contributed by atoms with Gasteiger partial charge in [-0.25, -0.2) is 4.98 Å². The first-order valence-electron chi connectivity index (χ1n) is 6.22. The van der Waals surface area contributed by atoms with Crippen molar-refractivity contribution in [2.45, 2.75) is 18.2 Å². The van der Waals surface area contributed by atoms with Gasteiger partial charge < -0.3 is 11.5 Å². The maximum absolute atomic E-state index is 9.21. The minimum Gasteiger partial charge on any atom is -0.382 e. The van der Waals surface area contributed by atoms with Gasteiger partial charge in [0, 0.05) is 10.5 Å². The fourth-order valence-corrected chi connectivity index (χ4v) is 2.59. The van der Waals surface area contributed by atoms with Crippen LogP contribution in [0.2, 0.25) is 0 Å². The van der Waals surface area contributed by atoms with Crippen molar-refractivity contribution >= 4 is 23.5 Å². The number of thioether (sulfide) groups is 1. The van der Waals surface area contributed by atoms with Gasteiger partial charge in [0.1, 0.15) is 17.5 Å². The number of nitrogens with zero attached hydrogens (tertiary/aromatic N) is 3. The average molecular weight is 285 g/mol. The van der Waals surface area contributed by atoms with E-state index in [0.717, 1.165) is 22.6 Å². The topological polar surface area (TPSA) is 102 Å². The van der Waals surface area contributed by atoms with E-state index in [9.17, 15) is 5.26 Å². The number of nitrogen functional groups attached to an aromatic ring is 2. The zero-order valence-corrected chi connectivity index (χ0v) is 11.9. The Morgan fingerprint density at radius 2 is 2.10 bits per heavy atom. The first-order valence-corrected chi connectivity index (χ1v) is 7.20. The molecule has 0 radical (unpaired) electrons. The van der Waals surface area contributed by atoms with Gasteiger partial charge in [-0.3, -0.25) is 0 Å². The van der Waals surface area contributed by atoms with Crippen LogP contribution in [0.25, 0.3) is 11.3 Å². The highest BCUT2D eigenvalue weighted by Gasteiger charge is 2.13. The molecular formula is C14H15N5S. The van der Waals surface area contributed by atoms with Crippen LogP contribution in [0.5, 0.6) is 0 Å². The van der Waals surface area contributed by atoms with Crippen molar-refractivity contribution in [1.29, 1.82) is 5.26 Å². The number of anilines is 2. The second-order valence-electron chi connectivity index (χ2n) is 4.18. The van der Waals surface area contributed by atoms with Crippen molar-refractivity contribution < 1.29 is 0 Å². The summed E-state index contributed by atoms with van der Waals surface area (Å²) in [6.07, 6.45) is 1.10. The van der Waals surface area contributed by atoms with Crippen LogP contribution >= 0.6 is 11.8 Å². The number of rotatable bonds is 4. The molecule has 0 saturated heterocycles. The lowest BCUT2D eigenvalue weighted by atomic mass is 10.1. The van der Waals surface area contributed by atoms with E-state index in [1.807, 2.05) is 30.3 Å². The molecule has 1 heterocycles. The van der Waals surface area contributed by atoms with Crippen LogP contribution in [0.4, 0.5) is 11.8 Å². The third kappa shape index (κ3) is 3.00. The van der Waals surface area contributed by atoms with Crippen molar-refractivity contribution in [1.82, 2.24) is 9.97 Å². The summed E-state index contributed by atoms with van der Waals surface area (Å²) in [6, 6.07) is 9.88. The van der Waals surface area contributed by atoms with Crippen molar-refractivity contribution in [2.75, 3.05) is 17.2 Å². The van der Waals surface area contributed by atoms with Gasteiger partial charge >= 0.3 is 0 Å². The Morgan fingerprint density at radius 3 is 2.80 bits per heavy atom. The highest BCUT2D eigenvalue weighted by Crippen LogP contribution is 2.29. The first kappa shape index (κ1) is 14.2. The van der Waals surface area contributed by atoms with Crippen molar-refractivity contribution in [2.24, 2.45) is 0 Å². The molecule has 0 amide bonds. The molecule has 1 aromatic carbocycles. The minimum atomic E-state index is 0.0723. The van der Waals surface area contributed by atoms with E-state index < -0.39 is 0 Å². The second kappa shape index (κ2) is 6.26. The SMILES string of the molecule is CCCSc1cccc(-c2nc(N)nc(N)c2C#N)c1. The molecule has 6 heteroatoms. The van der Waals surface area contributed by atoms with Crippen LogP contribution in [0, 0.1) is 11.3 Å². The standard InChI is InChI=1S/C14H15N5S/c1-2-6-20-10-5-3-4-9(7-10)12-11(8-15)13(16)19-14(17)18-12/h3-5,7H,2,6H2,1H3,(H4,16,17,18,19). The van der Waals surface area contributed by atoms with Gasteiger partial charge in [0.05, 0.1) is 5.69 Å². The lowest BCUT2D eigenvalue weighted by Gasteiger charge is -2.08. The van der Waals surface area contributed by atoms with Crippen LogP contribution < -0.4 is 11.5 Å². The number of aromatic nitrogens is 2. The summed E-state index contributed by atoms with van der Waals surface area (Å²) in [6.45, 7) is 2.14. The molecule has 0 fully saturated rings. The van der Waals surface area contributed by atoms with Crippen LogP contribution in [0.15, 0.2) is 29.2 Å². The molecule has 4 N–H and O–H groups in total. The molecule has 5 nitrogen and oxygen atoms in total. The first-order chi connectivity index (χ1) is 9.65. The molecule has 0 atom stereocenters. The fourth-order valence-electron chi connectivity index (χ4n) is 1.77. The molecule has 1 aromatic heterocycles. The second-order valence-corrected chi connectivity index (χ2v) is 5.35. The summed E-state index contributed by atoms with van der Waals surface area (Å²) in [7, 11) is 0. The van der Waals surface area contributed by atoms with Crippen LogP contribution in [0.3, 0.4) is 0 Å². The quantitative estimate of drug-likeness (QED) is 0.837. The number of hydrogen-bond donors (Lipinski definition) is 2. The molecule has 0 aliphatic carbocycles. The Labute approximate surface area is 122 Å². The molecular weight excluding hydrogens is 270 g/mol. The van der Waals surface area contributed by atoms with Crippen LogP contribution in [0.1, 0.15) is 18.9 Å². The highest BCUT2D eigenvalue weighted by atomic mass is 32.2. The van der Waals surface area contributed by atoms with E-state index >= 15 is 0 Å². The van der Waals surface area contributed by atoms with E-state index in [0.29, 0.717) is 5.69 Å². The van der Waals surface area contributed by atoms with Gasteiger partial charge in [0.2, 0.25) is 5.95 Å². The molecule has 0 aliphatic heterocycles. The van der Waals surface area contributed by atoms with Gasteiger partial charge in [-0.2, -0.15) is 10.2 Å². The lowest BCUT2D eigenvalue weighted by Crippen LogP contribution is -2.04. The molecule has 0 unspecified atom stereocenters. The number of nitriles is 1. The Hall–Kier alpha value is -2.26. The number of nitrogens with two attached hydrogens (primary N) is 2. The van der Waals surface area contributed by atoms with Crippen molar-refractivity contribution in [3.05, 3.63) is 29.8 Å². The van der Waals surface area contributed by atoms with Crippen LogP contribution in [-0.4, -0.2) is 15.7 Å². The fraction of sp³-hybridized carbons (Fsp3) is 0.214. The predicted octanol–water partition coefficient (Wildman–Crippen LogP) is 2.68. The summed E-state index contributed by atoms with van der Waals surface area (Å²) >= 11 is 1.76. The van der Waals surface area contributed by atoms with E-state index in [-0.39, 0.29) is 17.3 Å². The zero-order chi connectivity index (χ0) is 14.5. The van der Waals surface area contributed by atoms with Gasteiger partial charge in [-0.05, 0) is 24.3 Å². The molecule has 0 aliphatic rings. The molecule has 0 bridgehead atoms. The summed E-state index contributed by atoms with van der Waals surface area (Å²) in [5.74, 6) is 1.23. The Morgan fingerprint density at radius 1 is 1.30 bits per heavy atom. The molecule has 2 aromatic rings. The molecule has 20 heavy (non-hydrogen) atoms. The van der Waals surface area contributed by atoms with Gasteiger partial charge in [-0.1, -0.05) is 19.1 Å². The molecule has 2 rings (SSSR count). The third-order valence-electron chi connectivity index (χ3n) is 2.65. The Balaban J connectivity index is 2.49. The molecule has 0 saturated carbocycles. The summed E-state index contributed by atoms with van der Waals surface area (Å²) in [4.78, 5) is 9.10. The van der Waals surface area contributed by atoms with Crippen molar-refractivity contribution in [3.8, 4) is 17.3 Å². The van der Waals surface area contributed by atoms with Gasteiger partial charge in [-0.15, -0.1) is 11.8 Å². The average Bonchev–Trinajstić information content (AvgIpc) is 2.44.